The zero-order valence-electron chi connectivity index (χ0n) is 9.28. The van der Waals surface area contributed by atoms with Gasteiger partial charge in [-0.25, -0.2) is 4.79 Å². The molecule has 0 heterocycles. The van der Waals surface area contributed by atoms with Crippen LogP contribution in [0.2, 0.25) is 0 Å². The van der Waals surface area contributed by atoms with Crippen LogP contribution < -0.4 is 0 Å². The Bertz CT molecular complexity index is 271. The topological polar surface area (TPSA) is 46.6 Å². The van der Waals surface area contributed by atoms with Gasteiger partial charge < -0.3 is 9.64 Å². The predicted octanol–water partition coefficient (Wildman–Crippen LogP) is 1.14. The summed E-state index contributed by atoms with van der Waals surface area (Å²) in [6.07, 6.45) is 1.86. The van der Waals surface area contributed by atoms with E-state index in [-0.39, 0.29) is 5.91 Å². The van der Waals surface area contributed by atoms with E-state index in [0.29, 0.717) is 25.1 Å². The van der Waals surface area contributed by atoms with E-state index in [1.165, 1.54) is 11.0 Å². The van der Waals surface area contributed by atoms with E-state index in [2.05, 4.69) is 13.2 Å². The van der Waals surface area contributed by atoms with Gasteiger partial charge in [-0.05, 0) is 19.4 Å². The zero-order chi connectivity index (χ0) is 11.8. The average molecular weight is 211 g/mol. The first-order chi connectivity index (χ1) is 6.99. The summed E-state index contributed by atoms with van der Waals surface area (Å²) in [7, 11) is 1.67. The van der Waals surface area contributed by atoms with Crippen LogP contribution in [0.5, 0.6) is 0 Å². The van der Waals surface area contributed by atoms with Crippen molar-refractivity contribution in [3.8, 4) is 0 Å². The molecule has 15 heavy (non-hydrogen) atoms. The highest BCUT2D eigenvalue weighted by atomic mass is 16.5. The van der Waals surface area contributed by atoms with Gasteiger partial charge in [0, 0.05) is 19.2 Å². The van der Waals surface area contributed by atoms with Crippen LogP contribution >= 0.6 is 0 Å². The normalized spacial score (nSPS) is 9.20. The van der Waals surface area contributed by atoms with E-state index >= 15 is 0 Å². The van der Waals surface area contributed by atoms with Crippen molar-refractivity contribution in [1.29, 1.82) is 0 Å². The Morgan fingerprint density at radius 2 is 2.07 bits per heavy atom. The highest BCUT2D eigenvalue weighted by Gasteiger charge is 2.05. The fraction of sp³-hybridized carbons (Fsp3) is 0.455. The molecule has 4 heteroatoms. The molecule has 0 aromatic carbocycles. The lowest BCUT2D eigenvalue weighted by molar-refractivity contribution is -0.139. The number of hydrogen-bond donors (Lipinski definition) is 0. The van der Waals surface area contributed by atoms with Crippen LogP contribution in [0.1, 0.15) is 13.3 Å². The first-order valence-electron chi connectivity index (χ1n) is 4.69. The van der Waals surface area contributed by atoms with E-state index < -0.39 is 5.97 Å². The van der Waals surface area contributed by atoms with Gasteiger partial charge in [0.05, 0.1) is 6.61 Å². The van der Waals surface area contributed by atoms with E-state index in [1.807, 2.05) is 0 Å². The van der Waals surface area contributed by atoms with Gasteiger partial charge in [0.25, 0.3) is 0 Å². The molecule has 0 aromatic heterocycles. The Hall–Kier alpha value is -1.58. The van der Waals surface area contributed by atoms with Gasteiger partial charge in [-0.3, -0.25) is 4.79 Å². The van der Waals surface area contributed by atoms with E-state index in [9.17, 15) is 9.59 Å². The van der Waals surface area contributed by atoms with Crippen molar-refractivity contribution >= 4 is 11.9 Å². The van der Waals surface area contributed by atoms with Gasteiger partial charge in [-0.2, -0.15) is 0 Å². The molecule has 0 rings (SSSR count). The van der Waals surface area contributed by atoms with Gasteiger partial charge in [-0.15, -0.1) is 0 Å². The summed E-state index contributed by atoms with van der Waals surface area (Å²) in [5.41, 5.74) is 0.380. The van der Waals surface area contributed by atoms with Crippen LogP contribution in [0.4, 0.5) is 0 Å². The molecule has 0 radical (unpaired) electrons. The first kappa shape index (κ1) is 13.4. The second-order valence-electron chi connectivity index (χ2n) is 3.23. The molecule has 0 aliphatic heterocycles. The van der Waals surface area contributed by atoms with Gasteiger partial charge in [-0.1, -0.05) is 13.2 Å². The third-order valence-corrected chi connectivity index (χ3v) is 1.77. The summed E-state index contributed by atoms with van der Waals surface area (Å²) in [5, 5.41) is 0. The molecule has 0 aliphatic rings. The Balaban J connectivity index is 3.63. The Kier molecular flexibility index (Phi) is 6.09. The van der Waals surface area contributed by atoms with Crippen molar-refractivity contribution < 1.29 is 14.3 Å². The molecule has 0 aromatic rings. The standard InChI is InChI=1S/C11H17NO3/c1-5-10(13)12(4)7-6-8-15-11(14)9(2)3/h5H,1-2,6-8H2,3-4H3. The Morgan fingerprint density at radius 1 is 1.47 bits per heavy atom. The third kappa shape index (κ3) is 5.67. The lowest BCUT2D eigenvalue weighted by Crippen LogP contribution is -2.26. The third-order valence-electron chi connectivity index (χ3n) is 1.77. The minimum Gasteiger partial charge on any atom is -0.462 e. The number of carbonyl (C=O) groups excluding carboxylic acids is 2. The SMILES string of the molecule is C=CC(=O)N(C)CCCOC(=O)C(=C)C. The second kappa shape index (κ2) is 6.81. The van der Waals surface area contributed by atoms with Crippen molar-refractivity contribution in [3.05, 3.63) is 24.8 Å². The number of rotatable bonds is 6. The van der Waals surface area contributed by atoms with E-state index in [4.69, 9.17) is 4.74 Å². The quantitative estimate of drug-likeness (QED) is 0.376. The van der Waals surface area contributed by atoms with Crippen molar-refractivity contribution in [2.75, 3.05) is 20.2 Å². The summed E-state index contributed by atoms with van der Waals surface area (Å²) >= 11 is 0. The van der Waals surface area contributed by atoms with Crippen molar-refractivity contribution in [2.45, 2.75) is 13.3 Å². The lowest BCUT2D eigenvalue weighted by atomic mass is 10.3. The lowest BCUT2D eigenvalue weighted by Gasteiger charge is -2.14. The number of hydrogen-bond acceptors (Lipinski definition) is 3. The smallest absolute Gasteiger partial charge is 0.333 e. The Morgan fingerprint density at radius 3 is 2.53 bits per heavy atom. The number of esters is 1. The van der Waals surface area contributed by atoms with Crippen molar-refractivity contribution in [3.63, 3.8) is 0 Å². The molecule has 4 nitrogen and oxygen atoms in total. The summed E-state index contributed by atoms with van der Waals surface area (Å²) in [6, 6.07) is 0. The van der Waals surface area contributed by atoms with Crippen LogP contribution in [0, 0.1) is 0 Å². The number of ether oxygens (including phenoxy) is 1. The largest absolute Gasteiger partial charge is 0.462 e. The molecule has 1 amide bonds. The van der Waals surface area contributed by atoms with Gasteiger partial charge in [0.1, 0.15) is 0 Å². The highest BCUT2D eigenvalue weighted by molar-refractivity contribution is 5.87. The molecule has 0 fully saturated rings. The van der Waals surface area contributed by atoms with Crippen LogP contribution in [0.15, 0.2) is 24.8 Å². The molecule has 0 N–H and O–H groups in total. The second-order valence-corrected chi connectivity index (χ2v) is 3.23. The summed E-state index contributed by atoms with van der Waals surface area (Å²) in [5.74, 6) is -0.533. The minimum absolute atomic E-state index is 0.138. The van der Waals surface area contributed by atoms with Crippen LogP contribution in [0.3, 0.4) is 0 Å². The predicted molar refractivity (Wildman–Crippen MR) is 58.2 cm³/mol. The molecule has 0 spiro atoms. The molecular weight excluding hydrogens is 194 g/mol. The summed E-state index contributed by atoms with van der Waals surface area (Å²) in [6.45, 7) is 9.25. The van der Waals surface area contributed by atoms with E-state index in [0.717, 1.165) is 0 Å². The maximum absolute atomic E-state index is 11.0. The number of nitrogens with zero attached hydrogens (tertiary/aromatic N) is 1. The summed E-state index contributed by atoms with van der Waals surface area (Å²) < 4.78 is 4.86. The van der Waals surface area contributed by atoms with Crippen LogP contribution in [0.25, 0.3) is 0 Å². The Labute approximate surface area is 90.2 Å². The monoisotopic (exact) mass is 211 g/mol. The fourth-order valence-corrected chi connectivity index (χ4v) is 0.856. The number of amides is 1. The average Bonchev–Trinajstić information content (AvgIpc) is 2.22. The molecule has 0 bridgehead atoms. The fourth-order valence-electron chi connectivity index (χ4n) is 0.856. The molecule has 0 atom stereocenters. The molecule has 0 unspecified atom stereocenters. The van der Waals surface area contributed by atoms with Crippen LogP contribution in [-0.2, 0) is 14.3 Å². The van der Waals surface area contributed by atoms with Gasteiger partial charge in [0.2, 0.25) is 5.91 Å². The molecular formula is C11H17NO3. The molecule has 0 aliphatic carbocycles. The van der Waals surface area contributed by atoms with Gasteiger partial charge >= 0.3 is 5.97 Å². The number of carbonyl (C=O) groups is 2. The zero-order valence-corrected chi connectivity index (χ0v) is 9.28. The molecule has 84 valence electrons. The maximum Gasteiger partial charge on any atom is 0.333 e. The maximum atomic E-state index is 11.0. The molecule has 0 saturated heterocycles. The highest BCUT2D eigenvalue weighted by Crippen LogP contribution is 1.95. The number of likely N-dealkylation sites (N-methyl/N-ethyl adjacent to an activating group) is 1. The molecule has 0 saturated carbocycles. The van der Waals surface area contributed by atoms with E-state index in [1.54, 1.807) is 14.0 Å². The first-order valence-corrected chi connectivity index (χ1v) is 4.69. The van der Waals surface area contributed by atoms with Crippen LogP contribution in [-0.4, -0.2) is 37.0 Å². The van der Waals surface area contributed by atoms with Gasteiger partial charge in [0.15, 0.2) is 0 Å². The van der Waals surface area contributed by atoms with Crippen molar-refractivity contribution in [2.24, 2.45) is 0 Å². The summed E-state index contributed by atoms with van der Waals surface area (Å²) in [4.78, 5) is 23.5. The van der Waals surface area contributed by atoms with Crippen molar-refractivity contribution in [1.82, 2.24) is 4.90 Å². The minimum atomic E-state index is -0.396.